The van der Waals surface area contributed by atoms with Crippen LogP contribution in [0.2, 0.25) is 0 Å². The van der Waals surface area contributed by atoms with Gasteiger partial charge >= 0.3 is 0 Å². The summed E-state index contributed by atoms with van der Waals surface area (Å²) in [5.74, 6) is 0.575. The molecule has 0 aliphatic carbocycles. The van der Waals surface area contributed by atoms with Crippen molar-refractivity contribution in [2.24, 2.45) is 0 Å². The molecule has 0 atom stereocenters. The highest BCUT2D eigenvalue weighted by Crippen LogP contribution is 2.14. The largest absolute Gasteiger partial charge is 0.309 e. The first-order chi connectivity index (χ1) is 7.09. The lowest BCUT2D eigenvalue weighted by Crippen LogP contribution is -2.13. The van der Waals surface area contributed by atoms with E-state index in [1.807, 2.05) is 12.4 Å². The zero-order valence-corrected chi connectivity index (χ0v) is 10.3. The highest BCUT2D eigenvalue weighted by molar-refractivity contribution is 5.20. The second-order valence-electron chi connectivity index (χ2n) is 4.69. The van der Waals surface area contributed by atoms with E-state index in [0.29, 0.717) is 5.92 Å². The smallest absolute Gasteiger partial charge is 0.0302 e. The van der Waals surface area contributed by atoms with Crippen LogP contribution in [0.1, 0.15) is 37.3 Å². The maximum atomic E-state index is 4.29. The summed E-state index contributed by atoms with van der Waals surface area (Å²) in [7, 11) is 4.23. The fourth-order valence-corrected chi connectivity index (χ4v) is 1.56. The fourth-order valence-electron chi connectivity index (χ4n) is 1.56. The van der Waals surface area contributed by atoms with Crippen LogP contribution in [0.5, 0.6) is 0 Å². The van der Waals surface area contributed by atoms with Gasteiger partial charge in [0.05, 0.1) is 0 Å². The lowest BCUT2D eigenvalue weighted by molar-refractivity contribution is 0.400. The number of pyridine rings is 1. The maximum absolute atomic E-state index is 4.29. The quantitative estimate of drug-likeness (QED) is 0.736. The van der Waals surface area contributed by atoms with Crippen LogP contribution in [-0.2, 0) is 6.42 Å². The first-order valence-corrected chi connectivity index (χ1v) is 5.68. The van der Waals surface area contributed by atoms with Crippen molar-refractivity contribution in [2.45, 2.75) is 32.6 Å². The lowest BCUT2D eigenvalue weighted by Gasteiger charge is -2.10. The van der Waals surface area contributed by atoms with Gasteiger partial charge in [-0.1, -0.05) is 19.9 Å². The summed E-state index contributed by atoms with van der Waals surface area (Å²) in [6, 6.07) is 2.29. The third kappa shape index (κ3) is 4.43. The predicted molar refractivity (Wildman–Crippen MR) is 65.2 cm³/mol. The van der Waals surface area contributed by atoms with E-state index < -0.39 is 0 Å². The number of nitrogens with zero attached hydrogens (tertiary/aromatic N) is 2. The minimum absolute atomic E-state index is 0.575. The lowest BCUT2D eigenvalue weighted by atomic mass is 10.0. The third-order valence-corrected chi connectivity index (χ3v) is 2.55. The van der Waals surface area contributed by atoms with Gasteiger partial charge < -0.3 is 4.90 Å². The van der Waals surface area contributed by atoms with E-state index >= 15 is 0 Å². The summed E-state index contributed by atoms with van der Waals surface area (Å²) in [4.78, 5) is 6.51. The van der Waals surface area contributed by atoms with Crippen molar-refractivity contribution < 1.29 is 0 Å². The van der Waals surface area contributed by atoms with Gasteiger partial charge in [-0.2, -0.15) is 0 Å². The van der Waals surface area contributed by atoms with Crippen molar-refractivity contribution in [1.82, 2.24) is 9.88 Å². The first kappa shape index (κ1) is 12.2. The molecule has 2 nitrogen and oxygen atoms in total. The fraction of sp³-hybridized carbons (Fsp3) is 0.615. The van der Waals surface area contributed by atoms with E-state index in [1.54, 1.807) is 0 Å². The van der Waals surface area contributed by atoms with Crippen LogP contribution in [-0.4, -0.2) is 30.5 Å². The zero-order valence-electron chi connectivity index (χ0n) is 10.3. The number of rotatable bonds is 5. The molecule has 0 saturated heterocycles. The Hall–Kier alpha value is -0.890. The average molecular weight is 206 g/mol. The SMILES string of the molecule is CC(C)c1cncc(CCCN(C)C)c1. The Balaban J connectivity index is 2.50. The summed E-state index contributed by atoms with van der Waals surface area (Å²) in [6.45, 7) is 5.56. The molecule has 84 valence electrons. The molecule has 15 heavy (non-hydrogen) atoms. The monoisotopic (exact) mass is 206 g/mol. The van der Waals surface area contributed by atoms with Gasteiger partial charge in [-0.15, -0.1) is 0 Å². The van der Waals surface area contributed by atoms with E-state index in [1.165, 1.54) is 17.5 Å². The second-order valence-corrected chi connectivity index (χ2v) is 4.69. The number of hydrogen-bond donors (Lipinski definition) is 0. The third-order valence-electron chi connectivity index (χ3n) is 2.55. The van der Waals surface area contributed by atoms with E-state index in [2.05, 4.69) is 43.9 Å². The van der Waals surface area contributed by atoms with Crippen molar-refractivity contribution in [3.63, 3.8) is 0 Å². The van der Waals surface area contributed by atoms with Gasteiger partial charge in [0.2, 0.25) is 0 Å². The first-order valence-electron chi connectivity index (χ1n) is 5.68. The minimum Gasteiger partial charge on any atom is -0.309 e. The molecule has 0 N–H and O–H groups in total. The Morgan fingerprint density at radius 1 is 1.27 bits per heavy atom. The molecule has 0 amide bonds. The van der Waals surface area contributed by atoms with Crippen molar-refractivity contribution in [1.29, 1.82) is 0 Å². The van der Waals surface area contributed by atoms with E-state index in [-0.39, 0.29) is 0 Å². The van der Waals surface area contributed by atoms with Crippen LogP contribution in [0, 0.1) is 0 Å². The van der Waals surface area contributed by atoms with Gasteiger partial charge in [0.15, 0.2) is 0 Å². The molecule has 1 aromatic heterocycles. The minimum atomic E-state index is 0.575. The van der Waals surface area contributed by atoms with Gasteiger partial charge in [0.1, 0.15) is 0 Å². The Morgan fingerprint density at radius 3 is 2.60 bits per heavy atom. The number of aromatic nitrogens is 1. The van der Waals surface area contributed by atoms with Crippen molar-refractivity contribution in [3.05, 3.63) is 29.6 Å². The highest BCUT2D eigenvalue weighted by atomic mass is 15.0. The molecule has 0 fully saturated rings. The molecule has 1 rings (SSSR count). The molecule has 0 aromatic carbocycles. The van der Waals surface area contributed by atoms with Crippen LogP contribution in [0.3, 0.4) is 0 Å². The van der Waals surface area contributed by atoms with Crippen LogP contribution in [0.4, 0.5) is 0 Å². The summed E-state index contributed by atoms with van der Waals surface area (Å²) in [6.07, 6.45) is 6.30. The van der Waals surface area contributed by atoms with Crippen LogP contribution in [0.15, 0.2) is 18.5 Å². The Kier molecular flexibility index (Phi) is 4.76. The van der Waals surface area contributed by atoms with Gasteiger partial charge in [-0.25, -0.2) is 0 Å². The average Bonchev–Trinajstić information content (AvgIpc) is 2.17. The van der Waals surface area contributed by atoms with Crippen LogP contribution in [0.25, 0.3) is 0 Å². The molecule has 0 unspecified atom stereocenters. The molecule has 0 radical (unpaired) electrons. The van der Waals surface area contributed by atoms with Gasteiger partial charge in [0, 0.05) is 12.4 Å². The van der Waals surface area contributed by atoms with Gasteiger partial charge in [-0.05, 0) is 50.5 Å². The standard InChI is InChI=1S/C13H22N2/c1-11(2)13-8-12(9-14-10-13)6-5-7-15(3)4/h8-11H,5-7H2,1-4H3. The molecular formula is C13H22N2. The Bertz CT molecular complexity index is 292. The molecule has 0 bridgehead atoms. The molecule has 0 aliphatic rings. The molecular weight excluding hydrogens is 184 g/mol. The van der Waals surface area contributed by atoms with Crippen LogP contribution >= 0.6 is 0 Å². The van der Waals surface area contributed by atoms with Crippen molar-refractivity contribution in [2.75, 3.05) is 20.6 Å². The van der Waals surface area contributed by atoms with Crippen LogP contribution < -0.4 is 0 Å². The summed E-state index contributed by atoms with van der Waals surface area (Å²) in [5.41, 5.74) is 2.71. The van der Waals surface area contributed by atoms with Gasteiger partial charge in [-0.3, -0.25) is 4.98 Å². The normalized spacial score (nSPS) is 11.3. The number of aryl methyl sites for hydroxylation is 1. The Labute approximate surface area is 93.3 Å². The second kappa shape index (κ2) is 5.86. The molecule has 0 spiro atoms. The maximum Gasteiger partial charge on any atom is 0.0302 e. The van der Waals surface area contributed by atoms with Crippen molar-refractivity contribution in [3.8, 4) is 0 Å². The summed E-state index contributed by atoms with van der Waals surface area (Å²) >= 11 is 0. The molecule has 1 aromatic rings. The molecule has 0 aliphatic heterocycles. The van der Waals surface area contributed by atoms with E-state index in [9.17, 15) is 0 Å². The number of hydrogen-bond acceptors (Lipinski definition) is 2. The predicted octanol–water partition coefficient (Wildman–Crippen LogP) is 2.70. The summed E-state index contributed by atoms with van der Waals surface area (Å²) in [5, 5.41) is 0. The van der Waals surface area contributed by atoms with Gasteiger partial charge in [0.25, 0.3) is 0 Å². The Morgan fingerprint density at radius 2 is 2.00 bits per heavy atom. The van der Waals surface area contributed by atoms with Crippen molar-refractivity contribution >= 4 is 0 Å². The molecule has 2 heteroatoms. The molecule has 1 heterocycles. The van der Waals surface area contributed by atoms with E-state index in [0.717, 1.165) is 13.0 Å². The summed E-state index contributed by atoms with van der Waals surface area (Å²) < 4.78 is 0. The zero-order chi connectivity index (χ0) is 11.3. The van der Waals surface area contributed by atoms with E-state index in [4.69, 9.17) is 0 Å². The topological polar surface area (TPSA) is 16.1 Å². The molecule has 0 saturated carbocycles. The highest BCUT2D eigenvalue weighted by Gasteiger charge is 2.01.